The van der Waals surface area contributed by atoms with Gasteiger partial charge in [0, 0.05) is 43.6 Å². The number of rotatable bonds is 5. The number of nitrogens with zero attached hydrogens (tertiary/aromatic N) is 2. The Morgan fingerprint density at radius 1 is 1.33 bits per heavy atom. The zero-order valence-corrected chi connectivity index (χ0v) is 12.3. The largest absolute Gasteiger partial charge is 0.322 e. The fourth-order valence-electron chi connectivity index (χ4n) is 2.52. The number of thiophene rings is 1. The molecule has 18 heavy (non-hydrogen) atoms. The molecule has 1 aliphatic rings. The maximum atomic E-state index is 6.25. The molecule has 4 heteroatoms. The molecule has 0 aliphatic carbocycles. The Kier molecular flexibility index (Phi) is 5.18. The molecule has 0 spiro atoms. The van der Waals surface area contributed by atoms with Gasteiger partial charge in [0.05, 0.1) is 6.04 Å². The van der Waals surface area contributed by atoms with Crippen LogP contribution in [0.1, 0.15) is 31.2 Å². The van der Waals surface area contributed by atoms with Gasteiger partial charge in [0.2, 0.25) is 0 Å². The van der Waals surface area contributed by atoms with Crippen molar-refractivity contribution in [2.24, 2.45) is 5.73 Å². The van der Waals surface area contributed by atoms with Gasteiger partial charge in [-0.2, -0.15) is 0 Å². The minimum atomic E-state index is 0.181. The van der Waals surface area contributed by atoms with Crippen LogP contribution in [0.2, 0.25) is 0 Å². The standard InChI is InChI=1S/C14H25N3S/c1-3-12(2)17-8-6-16(7-9-17)11-13(15)14-5-4-10-18-14/h4-5,10,12-13H,3,6-9,11,15H2,1-2H3. The van der Waals surface area contributed by atoms with Crippen molar-refractivity contribution >= 4 is 11.3 Å². The zero-order chi connectivity index (χ0) is 13.0. The molecule has 2 heterocycles. The quantitative estimate of drug-likeness (QED) is 0.887. The van der Waals surface area contributed by atoms with Gasteiger partial charge in [-0.15, -0.1) is 11.3 Å². The molecule has 2 unspecified atom stereocenters. The Hall–Kier alpha value is -0.420. The Morgan fingerprint density at radius 3 is 2.61 bits per heavy atom. The molecule has 0 bridgehead atoms. The molecule has 1 aromatic heterocycles. The van der Waals surface area contributed by atoms with Crippen molar-refractivity contribution < 1.29 is 0 Å². The summed E-state index contributed by atoms with van der Waals surface area (Å²) < 4.78 is 0. The van der Waals surface area contributed by atoms with Crippen LogP contribution in [0.5, 0.6) is 0 Å². The van der Waals surface area contributed by atoms with Gasteiger partial charge in [-0.1, -0.05) is 13.0 Å². The van der Waals surface area contributed by atoms with Crippen LogP contribution in [0.4, 0.5) is 0 Å². The molecule has 102 valence electrons. The molecule has 1 aliphatic heterocycles. The Morgan fingerprint density at radius 2 is 2.06 bits per heavy atom. The molecule has 1 fully saturated rings. The van der Waals surface area contributed by atoms with Crippen LogP contribution in [0.15, 0.2) is 17.5 Å². The van der Waals surface area contributed by atoms with Gasteiger partial charge in [-0.25, -0.2) is 0 Å². The molecule has 1 saturated heterocycles. The summed E-state index contributed by atoms with van der Waals surface area (Å²) in [4.78, 5) is 6.40. The topological polar surface area (TPSA) is 32.5 Å². The van der Waals surface area contributed by atoms with E-state index in [0.29, 0.717) is 0 Å². The SMILES string of the molecule is CCC(C)N1CCN(CC(N)c2cccs2)CC1. The highest BCUT2D eigenvalue weighted by atomic mass is 32.1. The van der Waals surface area contributed by atoms with E-state index in [0.717, 1.165) is 25.7 Å². The second kappa shape index (κ2) is 6.66. The predicted molar refractivity (Wildman–Crippen MR) is 79.0 cm³/mol. The van der Waals surface area contributed by atoms with E-state index < -0.39 is 0 Å². The summed E-state index contributed by atoms with van der Waals surface area (Å²) in [5, 5.41) is 2.11. The van der Waals surface area contributed by atoms with Crippen molar-refractivity contribution in [3.8, 4) is 0 Å². The monoisotopic (exact) mass is 267 g/mol. The Labute approximate surface area is 115 Å². The highest BCUT2D eigenvalue weighted by molar-refractivity contribution is 7.10. The molecule has 0 radical (unpaired) electrons. The third kappa shape index (κ3) is 3.54. The van der Waals surface area contributed by atoms with Crippen LogP contribution in [-0.2, 0) is 0 Å². The lowest BCUT2D eigenvalue weighted by Gasteiger charge is -2.38. The Bertz CT molecular complexity index is 331. The van der Waals surface area contributed by atoms with Gasteiger partial charge in [0.1, 0.15) is 0 Å². The number of hydrogen-bond acceptors (Lipinski definition) is 4. The van der Waals surface area contributed by atoms with Gasteiger partial charge < -0.3 is 5.73 Å². The van der Waals surface area contributed by atoms with Crippen molar-refractivity contribution in [2.75, 3.05) is 32.7 Å². The predicted octanol–water partition coefficient (Wildman–Crippen LogP) is 2.16. The summed E-state index contributed by atoms with van der Waals surface area (Å²) in [5.41, 5.74) is 6.25. The van der Waals surface area contributed by atoms with Crippen LogP contribution in [0, 0.1) is 0 Å². The van der Waals surface area contributed by atoms with Gasteiger partial charge in [-0.3, -0.25) is 9.80 Å². The van der Waals surface area contributed by atoms with Gasteiger partial charge in [0.25, 0.3) is 0 Å². The first-order valence-electron chi connectivity index (χ1n) is 6.96. The lowest BCUT2D eigenvalue weighted by molar-refractivity contribution is 0.0970. The molecule has 2 N–H and O–H groups in total. The summed E-state index contributed by atoms with van der Waals surface area (Å²) in [6, 6.07) is 5.13. The second-order valence-corrected chi connectivity index (χ2v) is 6.20. The van der Waals surface area contributed by atoms with Gasteiger partial charge in [0.15, 0.2) is 0 Å². The normalized spacial score (nSPS) is 21.9. The number of piperazine rings is 1. The summed E-state index contributed by atoms with van der Waals surface area (Å²) >= 11 is 1.77. The van der Waals surface area contributed by atoms with Crippen molar-refractivity contribution in [3.05, 3.63) is 22.4 Å². The maximum absolute atomic E-state index is 6.25. The first kappa shape index (κ1) is 14.0. The van der Waals surface area contributed by atoms with Crippen molar-refractivity contribution in [3.63, 3.8) is 0 Å². The zero-order valence-electron chi connectivity index (χ0n) is 11.5. The van der Waals surface area contributed by atoms with Crippen LogP contribution >= 0.6 is 11.3 Å². The van der Waals surface area contributed by atoms with Crippen LogP contribution in [0.25, 0.3) is 0 Å². The minimum absolute atomic E-state index is 0.181. The lowest BCUT2D eigenvalue weighted by atomic mass is 10.1. The van der Waals surface area contributed by atoms with Crippen molar-refractivity contribution in [1.29, 1.82) is 0 Å². The maximum Gasteiger partial charge on any atom is 0.0519 e. The van der Waals surface area contributed by atoms with Crippen molar-refractivity contribution in [1.82, 2.24) is 9.80 Å². The van der Waals surface area contributed by atoms with E-state index in [1.54, 1.807) is 11.3 Å². The summed E-state index contributed by atoms with van der Waals surface area (Å²) in [7, 11) is 0. The molecule has 1 aromatic rings. The molecule has 0 amide bonds. The first-order chi connectivity index (χ1) is 8.70. The highest BCUT2D eigenvalue weighted by Gasteiger charge is 2.21. The van der Waals surface area contributed by atoms with E-state index >= 15 is 0 Å². The molecular formula is C14H25N3S. The second-order valence-electron chi connectivity index (χ2n) is 5.22. The van der Waals surface area contributed by atoms with E-state index in [2.05, 4.69) is 41.2 Å². The van der Waals surface area contributed by atoms with E-state index in [9.17, 15) is 0 Å². The van der Waals surface area contributed by atoms with E-state index in [1.807, 2.05) is 0 Å². The van der Waals surface area contributed by atoms with Crippen molar-refractivity contribution in [2.45, 2.75) is 32.4 Å². The average molecular weight is 267 g/mol. The van der Waals surface area contributed by atoms with Gasteiger partial charge >= 0.3 is 0 Å². The van der Waals surface area contributed by atoms with Crippen LogP contribution in [-0.4, -0.2) is 48.6 Å². The summed E-state index contributed by atoms with van der Waals surface area (Å²) in [5.74, 6) is 0. The first-order valence-corrected chi connectivity index (χ1v) is 7.84. The smallest absolute Gasteiger partial charge is 0.0519 e. The minimum Gasteiger partial charge on any atom is -0.322 e. The Balaban J connectivity index is 1.77. The summed E-state index contributed by atoms with van der Waals surface area (Å²) in [6.07, 6.45) is 1.24. The molecule has 3 nitrogen and oxygen atoms in total. The lowest BCUT2D eigenvalue weighted by Crippen LogP contribution is -2.50. The van der Waals surface area contributed by atoms with E-state index in [1.165, 1.54) is 24.4 Å². The molecule has 2 atom stereocenters. The molecular weight excluding hydrogens is 242 g/mol. The fourth-order valence-corrected chi connectivity index (χ4v) is 3.24. The highest BCUT2D eigenvalue weighted by Crippen LogP contribution is 2.18. The number of hydrogen-bond donors (Lipinski definition) is 1. The van der Waals surface area contributed by atoms with Crippen LogP contribution in [0.3, 0.4) is 0 Å². The third-order valence-electron chi connectivity index (χ3n) is 3.98. The molecule has 2 rings (SSSR count). The average Bonchev–Trinajstić information content (AvgIpc) is 2.92. The van der Waals surface area contributed by atoms with E-state index in [4.69, 9.17) is 5.73 Å². The third-order valence-corrected chi connectivity index (χ3v) is 4.99. The van der Waals surface area contributed by atoms with E-state index in [-0.39, 0.29) is 6.04 Å². The molecule has 0 aromatic carbocycles. The van der Waals surface area contributed by atoms with Gasteiger partial charge in [-0.05, 0) is 24.8 Å². The van der Waals surface area contributed by atoms with Crippen LogP contribution < -0.4 is 5.73 Å². The fraction of sp³-hybridized carbons (Fsp3) is 0.714. The molecule has 0 saturated carbocycles. The number of nitrogens with two attached hydrogens (primary N) is 1. The summed E-state index contributed by atoms with van der Waals surface area (Å²) in [6.45, 7) is 10.3.